The third-order valence-corrected chi connectivity index (χ3v) is 3.78. The largest absolute Gasteiger partial charge is 0.502 e. The van der Waals surface area contributed by atoms with Crippen LogP contribution in [0.3, 0.4) is 0 Å². The Labute approximate surface area is 128 Å². The molecule has 0 saturated carbocycles. The van der Waals surface area contributed by atoms with Crippen molar-refractivity contribution < 1.29 is 4.74 Å². The first-order valence-corrected chi connectivity index (χ1v) is 9.18. The highest BCUT2D eigenvalue weighted by Crippen LogP contribution is 2.11. The fourth-order valence-corrected chi connectivity index (χ4v) is 2.36. The molecule has 0 aromatic heterocycles. The zero-order valence-electron chi connectivity index (χ0n) is 14.2. The minimum absolute atomic E-state index is 0.880. The average molecular weight is 283 g/mol. The second kappa shape index (κ2) is 18.5. The molecule has 0 aromatic rings. The van der Waals surface area contributed by atoms with E-state index >= 15 is 0 Å². The number of unbranched alkanes of at least 4 members (excludes halogenated alkanes) is 12. The highest BCUT2D eigenvalue weighted by atomic mass is 16.5. The van der Waals surface area contributed by atoms with Gasteiger partial charge in [0.25, 0.3) is 0 Å². The number of rotatable bonds is 16. The Morgan fingerprint density at radius 3 is 1.65 bits per heavy atom. The van der Waals surface area contributed by atoms with Crippen LogP contribution in [0.2, 0.25) is 0 Å². The van der Waals surface area contributed by atoms with Crippen LogP contribution >= 0.6 is 0 Å². The van der Waals surface area contributed by atoms with Gasteiger partial charge < -0.3 is 4.74 Å². The molecule has 1 nitrogen and oxygen atoms in total. The van der Waals surface area contributed by atoms with E-state index in [1.165, 1.54) is 89.9 Å². The molecule has 0 atom stereocenters. The molecule has 0 N–H and O–H groups in total. The minimum atomic E-state index is 0.880. The van der Waals surface area contributed by atoms with Crippen LogP contribution in [0.15, 0.2) is 12.3 Å². The summed E-state index contributed by atoms with van der Waals surface area (Å²) in [4.78, 5) is 0. The highest BCUT2D eigenvalue weighted by molar-refractivity contribution is 4.73. The lowest BCUT2D eigenvalue weighted by Gasteiger charge is -2.02. The molecule has 0 rings (SSSR count). The van der Waals surface area contributed by atoms with Crippen molar-refractivity contribution in [3.63, 3.8) is 0 Å². The smallest absolute Gasteiger partial charge is 0.0873 e. The minimum Gasteiger partial charge on any atom is -0.502 e. The summed E-state index contributed by atoms with van der Waals surface area (Å²) >= 11 is 0. The molecule has 0 aliphatic carbocycles. The number of hydrogen-bond acceptors (Lipinski definition) is 1. The first-order valence-electron chi connectivity index (χ1n) is 9.18. The van der Waals surface area contributed by atoms with E-state index in [0.717, 1.165) is 6.61 Å². The van der Waals surface area contributed by atoms with E-state index in [1.54, 1.807) is 0 Å². The Hall–Kier alpha value is -0.460. The van der Waals surface area contributed by atoms with E-state index in [9.17, 15) is 0 Å². The Kier molecular flexibility index (Phi) is 18.1. The summed E-state index contributed by atoms with van der Waals surface area (Å²) in [6, 6.07) is 0. The molecular weight excluding hydrogens is 244 g/mol. The van der Waals surface area contributed by atoms with E-state index in [4.69, 9.17) is 4.74 Å². The standard InChI is InChI=1S/C19H38O/c1-3-5-7-8-9-10-11-12-13-14-15-16-17-19-20-18-6-4-2/h17,19H,3-16,18H2,1-2H3. The number of hydrogen-bond donors (Lipinski definition) is 0. The van der Waals surface area contributed by atoms with Crippen LogP contribution in [0.5, 0.6) is 0 Å². The van der Waals surface area contributed by atoms with Gasteiger partial charge in [0.1, 0.15) is 0 Å². The molecule has 0 aliphatic rings. The van der Waals surface area contributed by atoms with Crippen molar-refractivity contribution in [1.82, 2.24) is 0 Å². The van der Waals surface area contributed by atoms with Crippen LogP contribution in [0, 0.1) is 0 Å². The lowest BCUT2D eigenvalue weighted by molar-refractivity contribution is 0.242. The summed E-state index contributed by atoms with van der Waals surface area (Å²) < 4.78 is 5.39. The van der Waals surface area contributed by atoms with Crippen molar-refractivity contribution in [1.29, 1.82) is 0 Å². The van der Waals surface area contributed by atoms with Crippen molar-refractivity contribution in [2.24, 2.45) is 0 Å². The van der Waals surface area contributed by atoms with Gasteiger partial charge in [-0.1, -0.05) is 84.5 Å². The Morgan fingerprint density at radius 1 is 0.600 bits per heavy atom. The number of ether oxygens (including phenoxy) is 1. The van der Waals surface area contributed by atoms with E-state index in [2.05, 4.69) is 19.9 Å². The lowest BCUT2D eigenvalue weighted by Crippen LogP contribution is -1.85. The monoisotopic (exact) mass is 282 g/mol. The molecule has 0 spiro atoms. The first-order chi connectivity index (χ1) is 9.91. The van der Waals surface area contributed by atoms with Crippen molar-refractivity contribution in [3.05, 3.63) is 12.3 Å². The molecule has 0 fully saturated rings. The van der Waals surface area contributed by atoms with Crippen LogP contribution in [0.25, 0.3) is 0 Å². The van der Waals surface area contributed by atoms with Gasteiger partial charge in [0.2, 0.25) is 0 Å². The van der Waals surface area contributed by atoms with Gasteiger partial charge in [-0.25, -0.2) is 0 Å². The van der Waals surface area contributed by atoms with E-state index in [0.29, 0.717) is 0 Å². The quantitative estimate of drug-likeness (QED) is 0.218. The second-order valence-corrected chi connectivity index (χ2v) is 5.92. The normalized spacial score (nSPS) is 11.3. The fraction of sp³-hybridized carbons (Fsp3) is 0.895. The predicted octanol–water partition coefficient (Wildman–Crippen LogP) is 7.02. The topological polar surface area (TPSA) is 9.23 Å². The van der Waals surface area contributed by atoms with Gasteiger partial charge in [0.05, 0.1) is 12.9 Å². The van der Waals surface area contributed by atoms with E-state index < -0.39 is 0 Å². The summed E-state index contributed by atoms with van der Waals surface area (Å²) in [5.74, 6) is 0. The maximum Gasteiger partial charge on any atom is 0.0873 e. The lowest BCUT2D eigenvalue weighted by atomic mass is 10.1. The Morgan fingerprint density at radius 2 is 1.10 bits per heavy atom. The van der Waals surface area contributed by atoms with Gasteiger partial charge in [-0.15, -0.1) is 0 Å². The van der Waals surface area contributed by atoms with Gasteiger partial charge in [-0.3, -0.25) is 0 Å². The van der Waals surface area contributed by atoms with Crippen LogP contribution in [-0.2, 0) is 4.74 Å². The summed E-state index contributed by atoms with van der Waals surface area (Å²) in [5, 5.41) is 0. The van der Waals surface area contributed by atoms with Crippen molar-refractivity contribution in [2.45, 2.75) is 104 Å². The average Bonchev–Trinajstić information content (AvgIpc) is 2.47. The molecule has 20 heavy (non-hydrogen) atoms. The molecule has 0 unspecified atom stereocenters. The third kappa shape index (κ3) is 17.5. The molecule has 0 aliphatic heterocycles. The van der Waals surface area contributed by atoms with Gasteiger partial charge in [0, 0.05) is 0 Å². The summed E-state index contributed by atoms with van der Waals surface area (Å²) in [6.45, 7) is 5.36. The molecule has 0 heterocycles. The molecule has 0 bridgehead atoms. The predicted molar refractivity (Wildman–Crippen MR) is 91.1 cm³/mol. The molecule has 0 amide bonds. The Balaban J connectivity index is 2.99. The summed E-state index contributed by atoms with van der Waals surface area (Å²) in [6.07, 6.45) is 23.2. The summed E-state index contributed by atoms with van der Waals surface area (Å²) in [7, 11) is 0. The zero-order chi connectivity index (χ0) is 14.7. The van der Waals surface area contributed by atoms with Crippen LogP contribution < -0.4 is 0 Å². The van der Waals surface area contributed by atoms with Gasteiger partial charge in [-0.05, 0) is 25.3 Å². The third-order valence-electron chi connectivity index (χ3n) is 3.78. The van der Waals surface area contributed by atoms with Gasteiger partial charge >= 0.3 is 0 Å². The fourth-order valence-electron chi connectivity index (χ4n) is 2.36. The van der Waals surface area contributed by atoms with Crippen molar-refractivity contribution >= 4 is 0 Å². The zero-order valence-corrected chi connectivity index (χ0v) is 14.2. The highest BCUT2D eigenvalue weighted by Gasteiger charge is 1.92. The maximum atomic E-state index is 5.39. The molecule has 0 aromatic carbocycles. The molecular formula is C19H38O. The van der Waals surface area contributed by atoms with Gasteiger partial charge in [0.15, 0.2) is 0 Å². The maximum absolute atomic E-state index is 5.39. The van der Waals surface area contributed by atoms with Crippen LogP contribution in [0.4, 0.5) is 0 Å². The van der Waals surface area contributed by atoms with Gasteiger partial charge in [-0.2, -0.15) is 0 Å². The first kappa shape index (κ1) is 19.5. The van der Waals surface area contributed by atoms with Crippen molar-refractivity contribution in [3.8, 4) is 0 Å². The van der Waals surface area contributed by atoms with Crippen LogP contribution in [-0.4, -0.2) is 6.61 Å². The number of allylic oxidation sites excluding steroid dienone is 1. The molecule has 0 radical (unpaired) electrons. The SMILES string of the molecule is CCCCCCCCCCCCCC=COCCCC. The summed E-state index contributed by atoms with van der Waals surface area (Å²) in [5.41, 5.74) is 0. The molecule has 120 valence electrons. The Bertz CT molecular complexity index is 186. The molecule has 0 saturated heterocycles. The van der Waals surface area contributed by atoms with Crippen molar-refractivity contribution in [2.75, 3.05) is 6.61 Å². The van der Waals surface area contributed by atoms with Crippen LogP contribution in [0.1, 0.15) is 104 Å². The van der Waals surface area contributed by atoms with E-state index in [-0.39, 0.29) is 0 Å². The van der Waals surface area contributed by atoms with E-state index in [1.807, 2.05) is 6.26 Å². The molecule has 1 heteroatoms. The second-order valence-electron chi connectivity index (χ2n) is 5.92.